The fourth-order valence-corrected chi connectivity index (χ4v) is 8.37. The molecule has 0 spiro atoms. The molecule has 10 nitrogen and oxygen atoms in total. The van der Waals surface area contributed by atoms with Gasteiger partial charge >= 0.3 is 19.5 Å². The van der Waals surface area contributed by atoms with Crippen molar-refractivity contribution in [3.8, 4) is 45.3 Å². The third-order valence-electron chi connectivity index (χ3n) is 11.4. The van der Waals surface area contributed by atoms with Crippen molar-refractivity contribution in [1.29, 1.82) is 0 Å². The van der Waals surface area contributed by atoms with E-state index in [4.69, 9.17) is 19.9 Å². The number of hydrogen-bond acceptors (Lipinski definition) is 10. The van der Waals surface area contributed by atoms with Crippen molar-refractivity contribution in [2.24, 2.45) is 0 Å². The summed E-state index contributed by atoms with van der Waals surface area (Å²) >= 11 is 0. The zero-order valence-electron chi connectivity index (χ0n) is 35.8. The van der Waals surface area contributed by atoms with Gasteiger partial charge in [-0.25, -0.2) is 19.9 Å². The molecule has 0 radical (unpaired) electrons. The van der Waals surface area contributed by atoms with Crippen LogP contribution >= 0.6 is 0 Å². The first-order valence-corrected chi connectivity index (χ1v) is 21.0. The van der Waals surface area contributed by atoms with Crippen molar-refractivity contribution >= 4 is 65.7 Å². The van der Waals surface area contributed by atoms with Crippen LogP contribution in [0.1, 0.15) is 22.3 Å². The molecule has 0 saturated heterocycles. The number of aryl methyl sites for hydroxylation is 4. The second-order valence-corrected chi connectivity index (χ2v) is 16.1. The number of aromatic nitrogens is 10. The maximum Gasteiger partial charge on any atom is 2.00 e. The number of benzene rings is 4. The predicted molar refractivity (Wildman–Crippen MR) is 257 cm³/mol. The quantitative estimate of drug-likeness (QED) is 0.0938. The van der Waals surface area contributed by atoms with Gasteiger partial charge in [-0.1, -0.05) is 36.4 Å². The maximum atomic E-state index is 5.09. The molecule has 8 aromatic heterocycles. The summed E-state index contributed by atoms with van der Waals surface area (Å²) in [6.45, 7) is 8.23. The Hall–Kier alpha value is -7.88. The third-order valence-corrected chi connectivity index (χ3v) is 11.4. The van der Waals surface area contributed by atoms with Gasteiger partial charge in [0, 0.05) is 64.5 Å². The van der Waals surface area contributed by atoms with Crippen LogP contribution in [0.15, 0.2) is 159 Å². The molecule has 8 heterocycles. The molecule has 0 aliphatic heterocycles. The number of rotatable bonds is 2. The standard InChI is InChI=1S/C30H14N6.2C12H12N2.Ru/c1-5-15-6-2-8-17-24(15)16(7-1)27-28(17)34-21-14-23-22(13-20(21)33-27)35-29-18-9-3-11-31-25(18)26-19(30(29)36-23)10-4-12-32-26;2*1-9-3-5-13-11(7-9)12-8-10(2)4-6-14-12;/h1-14H;2*3-8H,1-2H3;/q;;;+2. The Bertz CT molecular complexity index is 3490. The van der Waals surface area contributed by atoms with Crippen LogP contribution < -0.4 is 0 Å². The van der Waals surface area contributed by atoms with Crippen molar-refractivity contribution < 1.29 is 19.5 Å². The summed E-state index contributed by atoms with van der Waals surface area (Å²) < 4.78 is 0. The molecule has 4 aromatic carbocycles. The van der Waals surface area contributed by atoms with E-state index in [9.17, 15) is 0 Å². The molecule has 13 rings (SSSR count). The number of hydrogen-bond donors (Lipinski definition) is 0. The summed E-state index contributed by atoms with van der Waals surface area (Å²) in [4.78, 5) is 46.7. The van der Waals surface area contributed by atoms with Crippen molar-refractivity contribution in [2.45, 2.75) is 27.7 Å². The van der Waals surface area contributed by atoms with Gasteiger partial charge < -0.3 is 0 Å². The van der Waals surface area contributed by atoms with Gasteiger partial charge in [0.2, 0.25) is 0 Å². The van der Waals surface area contributed by atoms with Gasteiger partial charge in [-0.05, 0) is 140 Å². The molecule has 65 heavy (non-hydrogen) atoms. The van der Waals surface area contributed by atoms with E-state index >= 15 is 0 Å². The van der Waals surface area contributed by atoms with Crippen molar-refractivity contribution in [2.75, 3.05) is 0 Å². The average Bonchev–Trinajstić information content (AvgIpc) is 3.63. The van der Waals surface area contributed by atoms with Crippen molar-refractivity contribution in [3.05, 3.63) is 181 Å². The topological polar surface area (TPSA) is 129 Å². The molecule has 0 amide bonds. The van der Waals surface area contributed by atoms with Gasteiger partial charge in [0.15, 0.2) is 0 Å². The average molecular weight is 928 g/mol. The first-order valence-electron chi connectivity index (χ1n) is 21.0. The minimum Gasteiger partial charge on any atom is -0.255 e. The second kappa shape index (κ2) is 17.0. The molecule has 0 N–H and O–H groups in total. The molecule has 0 fully saturated rings. The smallest absolute Gasteiger partial charge is 0.255 e. The molecule has 12 aromatic rings. The summed E-state index contributed by atoms with van der Waals surface area (Å²) in [5.41, 5.74) is 19.2. The summed E-state index contributed by atoms with van der Waals surface area (Å²) in [5, 5.41) is 4.30. The van der Waals surface area contributed by atoms with Crippen LogP contribution in [-0.4, -0.2) is 49.8 Å². The molecular formula is C54H38N10Ru+2. The SMILES string of the molecule is Cc1ccnc(-c2cc(C)ccn2)c1.Cc1ccnc(-c2cc(C)ccn2)c1.[Ru+2].c1cc2c3c(cccc3c1)-c1nc3cc4nc5c6cccnc6c6ncccc6c5nc4cc3nc1-2. The second-order valence-electron chi connectivity index (χ2n) is 16.1. The van der Waals surface area contributed by atoms with Crippen LogP contribution in [0.4, 0.5) is 0 Å². The van der Waals surface area contributed by atoms with E-state index in [1.807, 2.05) is 110 Å². The molecule has 0 bridgehead atoms. The van der Waals surface area contributed by atoms with E-state index in [-0.39, 0.29) is 19.5 Å². The third kappa shape index (κ3) is 7.70. The Morgan fingerprint density at radius 2 is 0.692 bits per heavy atom. The fraction of sp³-hybridized carbons (Fsp3) is 0.0741. The zero-order valence-corrected chi connectivity index (χ0v) is 37.6. The van der Waals surface area contributed by atoms with E-state index < -0.39 is 0 Å². The Morgan fingerprint density at radius 3 is 1.06 bits per heavy atom. The summed E-state index contributed by atoms with van der Waals surface area (Å²) in [7, 11) is 0. The van der Waals surface area contributed by atoms with Gasteiger partial charge in [-0.2, -0.15) is 0 Å². The summed E-state index contributed by atoms with van der Waals surface area (Å²) in [6.07, 6.45) is 10.8. The van der Waals surface area contributed by atoms with Crippen LogP contribution in [0, 0.1) is 27.7 Å². The molecular weight excluding hydrogens is 890 g/mol. The Kier molecular flexibility index (Phi) is 10.8. The van der Waals surface area contributed by atoms with Crippen LogP contribution in [0.25, 0.3) is 111 Å². The summed E-state index contributed by atoms with van der Waals surface area (Å²) in [6, 6.07) is 40.7. The number of fused-ring (bicyclic) bond motifs is 11. The van der Waals surface area contributed by atoms with Crippen LogP contribution in [0.3, 0.4) is 0 Å². The van der Waals surface area contributed by atoms with Crippen LogP contribution in [0.2, 0.25) is 0 Å². The monoisotopic (exact) mass is 928 g/mol. The van der Waals surface area contributed by atoms with Gasteiger partial charge in [0.05, 0.1) is 78.3 Å². The van der Waals surface area contributed by atoms with E-state index in [1.165, 1.54) is 33.0 Å². The molecule has 1 aliphatic rings. The minimum absolute atomic E-state index is 0. The predicted octanol–water partition coefficient (Wildman–Crippen LogP) is 12.1. The van der Waals surface area contributed by atoms with Crippen molar-refractivity contribution in [3.63, 3.8) is 0 Å². The van der Waals surface area contributed by atoms with Crippen LogP contribution in [-0.2, 0) is 19.5 Å². The Morgan fingerprint density at radius 1 is 0.323 bits per heavy atom. The molecule has 0 unspecified atom stereocenters. The van der Waals surface area contributed by atoms with Gasteiger partial charge in [0.25, 0.3) is 0 Å². The summed E-state index contributed by atoms with van der Waals surface area (Å²) in [5.74, 6) is 0. The van der Waals surface area contributed by atoms with Crippen LogP contribution in [0.5, 0.6) is 0 Å². The molecule has 0 atom stereocenters. The zero-order chi connectivity index (χ0) is 43.3. The first kappa shape index (κ1) is 41.2. The van der Waals surface area contributed by atoms with Gasteiger partial charge in [0.1, 0.15) is 0 Å². The minimum atomic E-state index is 0. The van der Waals surface area contributed by atoms with E-state index in [1.54, 1.807) is 12.4 Å². The van der Waals surface area contributed by atoms with E-state index in [2.05, 4.69) is 94.0 Å². The maximum absolute atomic E-state index is 5.09. The number of pyridine rings is 6. The normalized spacial score (nSPS) is 11.3. The molecule has 11 heteroatoms. The van der Waals surface area contributed by atoms with Crippen molar-refractivity contribution in [1.82, 2.24) is 49.8 Å². The van der Waals surface area contributed by atoms with Gasteiger partial charge in [-0.3, -0.25) is 29.9 Å². The fourth-order valence-electron chi connectivity index (χ4n) is 8.37. The molecule has 1 aliphatic carbocycles. The Balaban J connectivity index is 0.000000142. The largest absolute Gasteiger partial charge is 2.00 e. The molecule has 310 valence electrons. The molecule has 0 saturated carbocycles. The van der Waals surface area contributed by atoms with E-state index in [0.29, 0.717) is 0 Å². The Labute approximate surface area is 386 Å². The van der Waals surface area contributed by atoms with E-state index in [0.717, 1.165) is 100 Å². The first-order chi connectivity index (χ1) is 31.3. The van der Waals surface area contributed by atoms with Gasteiger partial charge in [-0.15, -0.1) is 0 Å². The number of nitrogens with zero attached hydrogens (tertiary/aromatic N) is 10.